The molecule has 5 nitrogen and oxygen atoms in total. The SMILES string of the molecule is COc1ccc(/C=C(\C#N)C(=O)NC2CCCCC2C)c(OC)c1. The molecule has 128 valence electrons. The normalized spacial score (nSPS) is 20.8. The summed E-state index contributed by atoms with van der Waals surface area (Å²) in [5.74, 6) is 1.33. The molecule has 1 saturated carbocycles. The predicted molar refractivity (Wildman–Crippen MR) is 92.7 cm³/mol. The van der Waals surface area contributed by atoms with Crippen LogP contribution in [0.4, 0.5) is 0 Å². The highest BCUT2D eigenvalue weighted by atomic mass is 16.5. The molecule has 0 aliphatic heterocycles. The minimum Gasteiger partial charge on any atom is -0.497 e. The third kappa shape index (κ3) is 4.29. The van der Waals surface area contributed by atoms with Crippen LogP contribution in [0.15, 0.2) is 23.8 Å². The van der Waals surface area contributed by atoms with Crippen molar-refractivity contribution in [1.82, 2.24) is 5.32 Å². The Kier molecular flexibility index (Phi) is 6.25. The number of amides is 1. The van der Waals surface area contributed by atoms with Gasteiger partial charge in [-0.25, -0.2) is 0 Å². The van der Waals surface area contributed by atoms with Crippen LogP contribution < -0.4 is 14.8 Å². The van der Waals surface area contributed by atoms with Crippen LogP contribution in [0.25, 0.3) is 6.08 Å². The average molecular weight is 328 g/mol. The lowest BCUT2D eigenvalue weighted by molar-refractivity contribution is -0.118. The van der Waals surface area contributed by atoms with E-state index in [1.807, 2.05) is 6.07 Å². The Morgan fingerprint density at radius 2 is 2.04 bits per heavy atom. The van der Waals surface area contributed by atoms with Crippen LogP contribution in [0, 0.1) is 17.2 Å². The largest absolute Gasteiger partial charge is 0.497 e. The van der Waals surface area contributed by atoms with E-state index < -0.39 is 0 Å². The second kappa shape index (κ2) is 8.39. The molecule has 0 spiro atoms. The highest BCUT2D eigenvalue weighted by Gasteiger charge is 2.24. The quantitative estimate of drug-likeness (QED) is 0.665. The number of methoxy groups -OCH3 is 2. The Balaban J connectivity index is 2.19. The van der Waals surface area contributed by atoms with Crippen LogP contribution >= 0.6 is 0 Å². The maximum atomic E-state index is 12.4. The Labute approximate surface area is 143 Å². The van der Waals surface area contributed by atoms with Crippen molar-refractivity contribution in [3.8, 4) is 17.6 Å². The van der Waals surface area contributed by atoms with Crippen molar-refractivity contribution in [3.05, 3.63) is 29.3 Å². The van der Waals surface area contributed by atoms with Gasteiger partial charge in [-0.3, -0.25) is 4.79 Å². The number of hydrogen-bond acceptors (Lipinski definition) is 4. The molecule has 1 aliphatic carbocycles. The van der Waals surface area contributed by atoms with Crippen LogP contribution in [0.1, 0.15) is 38.2 Å². The number of carbonyl (C=O) groups excluding carboxylic acids is 1. The molecule has 0 saturated heterocycles. The standard InChI is InChI=1S/C19H24N2O3/c1-13-6-4-5-7-17(13)21-19(22)15(12-20)10-14-8-9-16(23-2)11-18(14)24-3/h8-11,13,17H,4-7H2,1-3H3,(H,21,22)/b15-10+. The van der Waals surface area contributed by atoms with Crippen LogP contribution in [-0.2, 0) is 4.79 Å². The second-order valence-corrected chi connectivity index (χ2v) is 6.12. The smallest absolute Gasteiger partial charge is 0.262 e. The molecule has 1 aliphatic rings. The lowest BCUT2D eigenvalue weighted by Crippen LogP contribution is -2.41. The molecule has 1 aromatic rings. The number of rotatable bonds is 5. The molecule has 24 heavy (non-hydrogen) atoms. The maximum absolute atomic E-state index is 12.4. The van der Waals surface area contributed by atoms with E-state index in [1.165, 1.54) is 6.42 Å². The summed E-state index contributed by atoms with van der Waals surface area (Å²) in [7, 11) is 3.12. The highest BCUT2D eigenvalue weighted by Crippen LogP contribution is 2.27. The molecule has 2 atom stereocenters. The summed E-state index contributed by atoms with van der Waals surface area (Å²) < 4.78 is 10.5. The van der Waals surface area contributed by atoms with Crippen molar-refractivity contribution in [2.75, 3.05) is 14.2 Å². The van der Waals surface area contributed by atoms with E-state index in [9.17, 15) is 10.1 Å². The molecule has 1 amide bonds. The van der Waals surface area contributed by atoms with E-state index in [0.29, 0.717) is 23.0 Å². The van der Waals surface area contributed by atoms with Gasteiger partial charge in [-0.2, -0.15) is 5.26 Å². The summed E-state index contributed by atoms with van der Waals surface area (Å²) in [6, 6.07) is 7.40. The third-order valence-electron chi connectivity index (χ3n) is 4.53. The van der Waals surface area contributed by atoms with Gasteiger partial charge in [0.05, 0.1) is 14.2 Å². The van der Waals surface area contributed by atoms with Gasteiger partial charge in [0, 0.05) is 17.7 Å². The first kappa shape index (κ1) is 17.9. The Bertz CT molecular complexity index is 661. The summed E-state index contributed by atoms with van der Waals surface area (Å²) in [5, 5.41) is 12.4. The van der Waals surface area contributed by atoms with Gasteiger partial charge in [0.2, 0.25) is 0 Å². The van der Waals surface area contributed by atoms with E-state index in [1.54, 1.807) is 38.5 Å². The van der Waals surface area contributed by atoms with Gasteiger partial charge in [0.1, 0.15) is 23.1 Å². The lowest BCUT2D eigenvalue weighted by Gasteiger charge is -2.29. The number of nitrogens with zero attached hydrogens (tertiary/aromatic N) is 1. The van der Waals surface area contributed by atoms with Crippen molar-refractivity contribution in [1.29, 1.82) is 5.26 Å². The maximum Gasteiger partial charge on any atom is 0.262 e. The first-order valence-electron chi connectivity index (χ1n) is 8.23. The zero-order chi connectivity index (χ0) is 17.5. The molecule has 0 radical (unpaired) electrons. The molecule has 5 heteroatoms. The van der Waals surface area contributed by atoms with Crippen molar-refractivity contribution in [2.45, 2.75) is 38.6 Å². The van der Waals surface area contributed by atoms with Crippen molar-refractivity contribution in [3.63, 3.8) is 0 Å². The monoisotopic (exact) mass is 328 g/mol. The van der Waals surface area contributed by atoms with E-state index in [2.05, 4.69) is 12.2 Å². The van der Waals surface area contributed by atoms with E-state index in [4.69, 9.17) is 9.47 Å². The summed E-state index contributed by atoms with van der Waals surface area (Å²) in [6.45, 7) is 2.15. The first-order chi connectivity index (χ1) is 11.6. The lowest BCUT2D eigenvalue weighted by atomic mass is 9.86. The summed E-state index contributed by atoms with van der Waals surface area (Å²) >= 11 is 0. The van der Waals surface area contributed by atoms with Crippen molar-refractivity contribution >= 4 is 12.0 Å². The van der Waals surface area contributed by atoms with Gasteiger partial charge in [-0.1, -0.05) is 19.8 Å². The molecule has 0 heterocycles. The number of carbonyl (C=O) groups is 1. The first-order valence-corrected chi connectivity index (χ1v) is 8.23. The minimum atomic E-state index is -0.325. The number of benzene rings is 1. The predicted octanol–water partition coefficient (Wildman–Crippen LogP) is 3.31. The van der Waals surface area contributed by atoms with Crippen molar-refractivity contribution < 1.29 is 14.3 Å². The zero-order valence-electron chi connectivity index (χ0n) is 14.5. The van der Waals surface area contributed by atoms with Crippen LogP contribution in [0.2, 0.25) is 0 Å². The molecule has 1 fully saturated rings. The van der Waals surface area contributed by atoms with Crippen LogP contribution in [-0.4, -0.2) is 26.2 Å². The number of ether oxygens (including phenoxy) is 2. The van der Waals surface area contributed by atoms with Gasteiger partial charge >= 0.3 is 0 Å². The van der Waals surface area contributed by atoms with Gasteiger partial charge in [0.25, 0.3) is 5.91 Å². The Hall–Kier alpha value is -2.48. The molecule has 2 rings (SSSR count). The summed E-state index contributed by atoms with van der Waals surface area (Å²) in [4.78, 5) is 12.4. The molecular formula is C19H24N2O3. The van der Waals surface area contributed by atoms with E-state index in [-0.39, 0.29) is 17.5 Å². The molecular weight excluding hydrogens is 304 g/mol. The topological polar surface area (TPSA) is 71.3 Å². The van der Waals surface area contributed by atoms with Gasteiger partial charge in [-0.05, 0) is 37.0 Å². The molecule has 0 aromatic heterocycles. The Morgan fingerprint density at radius 1 is 1.29 bits per heavy atom. The summed E-state index contributed by atoms with van der Waals surface area (Å²) in [5.41, 5.74) is 0.748. The molecule has 1 aromatic carbocycles. The zero-order valence-corrected chi connectivity index (χ0v) is 14.5. The fourth-order valence-corrected chi connectivity index (χ4v) is 3.02. The second-order valence-electron chi connectivity index (χ2n) is 6.12. The molecule has 2 unspecified atom stereocenters. The van der Waals surface area contributed by atoms with E-state index >= 15 is 0 Å². The molecule has 1 N–H and O–H groups in total. The molecule has 0 bridgehead atoms. The number of nitrogens with one attached hydrogen (secondary N) is 1. The highest BCUT2D eigenvalue weighted by molar-refractivity contribution is 6.02. The number of hydrogen-bond donors (Lipinski definition) is 1. The van der Waals surface area contributed by atoms with Crippen LogP contribution in [0.5, 0.6) is 11.5 Å². The van der Waals surface area contributed by atoms with Gasteiger partial charge < -0.3 is 14.8 Å². The third-order valence-corrected chi connectivity index (χ3v) is 4.53. The van der Waals surface area contributed by atoms with Crippen molar-refractivity contribution in [2.24, 2.45) is 5.92 Å². The number of nitriles is 1. The fraction of sp³-hybridized carbons (Fsp3) is 0.474. The fourth-order valence-electron chi connectivity index (χ4n) is 3.02. The average Bonchev–Trinajstić information content (AvgIpc) is 2.61. The minimum absolute atomic E-state index is 0.0799. The van der Waals surface area contributed by atoms with E-state index in [0.717, 1.165) is 19.3 Å². The van der Waals surface area contributed by atoms with Crippen LogP contribution in [0.3, 0.4) is 0 Å². The summed E-state index contributed by atoms with van der Waals surface area (Å²) in [6.07, 6.45) is 5.96. The van der Waals surface area contributed by atoms with Gasteiger partial charge in [0.15, 0.2) is 0 Å². The van der Waals surface area contributed by atoms with Gasteiger partial charge in [-0.15, -0.1) is 0 Å². The Morgan fingerprint density at radius 3 is 2.67 bits per heavy atom.